The smallest absolute Gasteiger partial charge is 0.246 e. The topological polar surface area (TPSA) is 55.6 Å². The molecule has 1 rings (SSSR count). The van der Waals surface area contributed by atoms with Crippen molar-refractivity contribution >= 4 is 24.0 Å². The normalized spacial score (nSPS) is 11.6. The average molecular weight is 287 g/mol. The minimum absolute atomic E-state index is 0. The number of hydrogen-bond donors (Lipinski definition) is 1. The summed E-state index contributed by atoms with van der Waals surface area (Å²) in [7, 11) is 1.54. The van der Waals surface area contributed by atoms with E-state index in [4.69, 9.17) is 10.5 Å². The molecule has 0 aliphatic carbocycles. The van der Waals surface area contributed by atoms with Gasteiger partial charge in [-0.05, 0) is 44.0 Å². The molecule has 1 amide bonds. The number of methoxy groups -OCH3 is 1. The third kappa shape index (κ3) is 4.82. The van der Waals surface area contributed by atoms with Crippen LogP contribution in [-0.2, 0) is 9.53 Å². The maximum absolute atomic E-state index is 12.2. The largest absolute Gasteiger partial charge is 0.383 e. The van der Waals surface area contributed by atoms with E-state index in [1.165, 1.54) is 0 Å². The molecule has 0 fully saturated rings. The molecule has 0 aliphatic rings. The number of rotatable bonds is 5. The van der Waals surface area contributed by atoms with Crippen LogP contribution in [0.2, 0.25) is 0 Å². The lowest BCUT2D eigenvalue weighted by atomic mass is 10.1. The van der Waals surface area contributed by atoms with Crippen molar-refractivity contribution in [3.63, 3.8) is 0 Å². The standard InChI is InChI=1S/C14H22N2O2.ClH/c1-5-16(14(17)13(15)9-18-4)12-7-10(2)6-11(3)8-12;/h6-8,13H,5,9,15H2,1-4H3;1H. The van der Waals surface area contributed by atoms with Crippen LogP contribution in [0.4, 0.5) is 5.69 Å². The predicted molar refractivity (Wildman–Crippen MR) is 81.0 cm³/mol. The molecule has 0 radical (unpaired) electrons. The lowest BCUT2D eigenvalue weighted by Gasteiger charge is -2.25. The van der Waals surface area contributed by atoms with Gasteiger partial charge in [0.25, 0.3) is 0 Å². The van der Waals surface area contributed by atoms with E-state index in [0.29, 0.717) is 6.54 Å². The van der Waals surface area contributed by atoms with E-state index in [1.807, 2.05) is 32.9 Å². The lowest BCUT2D eigenvalue weighted by Crippen LogP contribution is -2.46. The van der Waals surface area contributed by atoms with Gasteiger partial charge in [0.15, 0.2) is 0 Å². The van der Waals surface area contributed by atoms with Crippen LogP contribution >= 0.6 is 12.4 Å². The molecule has 0 heterocycles. The fraction of sp³-hybridized carbons (Fsp3) is 0.500. The SMILES string of the molecule is CCN(C(=O)C(N)COC)c1cc(C)cc(C)c1.Cl. The molecule has 0 aromatic heterocycles. The van der Waals surface area contributed by atoms with Gasteiger partial charge in [0, 0.05) is 19.3 Å². The highest BCUT2D eigenvalue weighted by molar-refractivity contribution is 5.97. The number of aryl methyl sites for hydroxylation is 2. The molecular formula is C14H23ClN2O2. The van der Waals surface area contributed by atoms with Crippen LogP contribution in [0, 0.1) is 13.8 Å². The summed E-state index contributed by atoms with van der Waals surface area (Å²) in [5.41, 5.74) is 8.97. The average Bonchev–Trinajstić information content (AvgIpc) is 2.28. The van der Waals surface area contributed by atoms with E-state index >= 15 is 0 Å². The third-order valence-electron chi connectivity index (χ3n) is 2.76. The number of ether oxygens (including phenoxy) is 1. The molecule has 1 aromatic carbocycles. The molecule has 19 heavy (non-hydrogen) atoms. The van der Waals surface area contributed by atoms with Gasteiger partial charge in [-0.3, -0.25) is 4.79 Å². The Bertz CT molecular complexity index is 404. The fourth-order valence-electron chi connectivity index (χ4n) is 2.02. The van der Waals surface area contributed by atoms with Crippen LogP contribution in [0.1, 0.15) is 18.1 Å². The van der Waals surface area contributed by atoms with Gasteiger partial charge in [0.05, 0.1) is 6.61 Å². The van der Waals surface area contributed by atoms with Crippen LogP contribution in [0.25, 0.3) is 0 Å². The van der Waals surface area contributed by atoms with Gasteiger partial charge < -0.3 is 15.4 Å². The van der Waals surface area contributed by atoms with Crippen molar-refractivity contribution in [1.29, 1.82) is 0 Å². The van der Waals surface area contributed by atoms with Gasteiger partial charge in [-0.15, -0.1) is 12.4 Å². The number of amides is 1. The molecule has 1 aromatic rings. The number of carbonyl (C=O) groups excluding carboxylic acids is 1. The third-order valence-corrected chi connectivity index (χ3v) is 2.76. The second-order valence-electron chi connectivity index (χ2n) is 4.49. The van der Waals surface area contributed by atoms with Gasteiger partial charge in [-0.1, -0.05) is 6.07 Å². The van der Waals surface area contributed by atoms with Crippen molar-refractivity contribution in [2.45, 2.75) is 26.8 Å². The van der Waals surface area contributed by atoms with Crippen molar-refractivity contribution in [3.05, 3.63) is 29.3 Å². The minimum atomic E-state index is -0.615. The fourth-order valence-corrected chi connectivity index (χ4v) is 2.02. The first-order valence-electron chi connectivity index (χ1n) is 6.13. The summed E-state index contributed by atoms with van der Waals surface area (Å²) >= 11 is 0. The van der Waals surface area contributed by atoms with Gasteiger partial charge in [-0.25, -0.2) is 0 Å². The van der Waals surface area contributed by atoms with E-state index in [2.05, 4.69) is 6.07 Å². The number of anilines is 1. The van der Waals surface area contributed by atoms with Crippen molar-refractivity contribution in [1.82, 2.24) is 0 Å². The predicted octanol–water partition coefficient (Wildman–Crippen LogP) is 2.05. The molecule has 0 saturated heterocycles. The summed E-state index contributed by atoms with van der Waals surface area (Å²) in [5, 5.41) is 0. The van der Waals surface area contributed by atoms with Gasteiger partial charge in [-0.2, -0.15) is 0 Å². The Balaban J connectivity index is 0.00000324. The minimum Gasteiger partial charge on any atom is -0.383 e. The molecule has 0 spiro atoms. The van der Waals surface area contributed by atoms with Gasteiger partial charge >= 0.3 is 0 Å². The Hall–Kier alpha value is -1.10. The lowest BCUT2D eigenvalue weighted by molar-refractivity contribution is -0.120. The Morgan fingerprint density at radius 3 is 2.26 bits per heavy atom. The van der Waals surface area contributed by atoms with Gasteiger partial charge in [0.1, 0.15) is 6.04 Å². The molecule has 1 atom stereocenters. The quantitative estimate of drug-likeness (QED) is 0.901. The van der Waals surface area contributed by atoms with Crippen molar-refractivity contribution < 1.29 is 9.53 Å². The number of benzene rings is 1. The molecule has 0 bridgehead atoms. The van der Waals surface area contributed by atoms with Crippen molar-refractivity contribution in [3.8, 4) is 0 Å². The summed E-state index contributed by atoms with van der Waals surface area (Å²) in [6, 6.07) is 5.45. The Morgan fingerprint density at radius 2 is 1.84 bits per heavy atom. The van der Waals surface area contributed by atoms with E-state index in [-0.39, 0.29) is 24.9 Å². The van der Waals surface area contributed by atoms with E-state index < -0.39 is 6.04 Å². The highest BCUT2D eigenvalue weighted by Crippen LogP contribution is 2.19. The van der Waals surface area contributed by atoms with Crippen LogP contribution in [0.3, 0.4) is 0 Å². The first-order valence-corrected chi connectivity index (χ1v) is 6.13. The molecular weight excluding hydrogens is 264 g/mol. The summed E-state index contributed by atoms with van der Waals surface area (Å²) < 4.78 is 4.93. The summed E-state index contributed by atoms with van der Waals surface area (Å²) in [4.78, 5) is 13.9. The zero-order valence-electron chi connectivity index (χ0n) is 12.0. The van der Waals surface area contributed by atoms with Crippen molar-refractivity contribution in [2.75, 3.05) is 25.2 Å². The maximum Gasteiger partial charge on any atom is 0.246 e. The van der Waals surface area contributed by atoms with Crippen LogP contribution in [-0.4, -0.2) is 32.2 Å². The monoisotopic (exact) mass is 286 g/mol. The molecule has 2 N–H and O–H groups in total. The Morgan fingerprint density at radius 1 is 1.32 bits per heavy atom. The van der Waals surface area contributed by atoms with Gasteiger partial charge in [0.2, 0.25) is 5.91 Å². The van der Waals surface area contributed by atoms with E-state index in [1.54, 1.807) is 12.0 Å². The van der Waals surface area contributed by atoms with Crippen LogP contribution in [0.15, 0.2) is 18.2 Å². The number of nitrogens with two attached hydrogens (primary N) is 1. The number of hydrogen-bond acceptors (Lipinski definition) is 3. The molecule has 0 aliphatic heterocycles. The highest BCUT2D eigenvalue weighted by atomic mass is 35.5. The first-order chi connectivity index (χ1) is 8.49. The first kappa shape index (κ1) is 17.9. The second-order valence-corrected chi connectivity index (χ2v) is 4.49. The Kier molecular flexibility index (Phi) is 7.68. The molecule has 4 nitrogen and oxygen atoms in total. The number of nitrogens with zero attached hydrogens (tertiary/aromatic N) is 1. The number of halogens is 1. The van der Waals surface area contributed by atoms with Crippen LogP contribution in [0.5, 0.6) is 0 Å². The summed E-state index contributed by atoms with van der Waals surface area (Å²) in [5.74, 6) is -0.107. The number of likely N-dealkylation sites (N-methyl/N-ethyl adjacent to an activating group) is 1. The summed E-state index contributed by atoms with van der Waals surface area (Å²) in [6.07, 6.45) is 0. The summed E-state index contributed by atoms with van der Waals surface area (Å²) in [6.45, 7) is 6.81. The van der Waals surface area contributed by atoms with Crippen LogP contribution < -0.4 is 10.6 Å². The van der Waals surface area contributed by atoms with Crippen molar-refractivity contribution in [2.24, 2.45) is 5.73 Å². The molecule has 0 saturated carbocycles. The maximum atomic E-state index is 12.2. The molecule has 108 valence electrons. The zero-order valence-corrected chi connectivity index (χ0v) is 12.8. The Labute approximate surface area is 121 Å². The molecule has 5 heteroatoms. The van der Waals surface area contributed by atoms with E-state index in [0.717, 1.165) is 16.8 Å². The highest BCUT2D eigenvalue weighted by Gasteiger charge is 2.21. The second kappa shape index (κ2) is 8.15. The van der Waals surface area contributed by atoms with E-state index in [9.17, 15) is 4.79 Å². The molecule has 1 unspecified atom stereocenters. The number of carbonyl (C=O) groups is 1. The zero-order chi connectivity index (χ0) is 13.7.